The standard InChI is InChI=1S/C16H17NO3/c1-3-6-13-9-12(10-14(16(13)18)19-4-2)11-17-15-7-5-8-20-15/h3,5,7-11,18H,1,4,6H2,2H3. The fourth-order valence-electron chi connectivity index (χ4n) is 1.82. The Kier molecular flexibility index (Phi) is 4.60. The van der Waals surface area contributed by atoms with E-state index in [1.165, 1.54) is 0 Å². The van der Waals surface area contributed by atoms with Crippen molar-refractivity contribution >= 4 is 12.1 Å². The fourth-order valence-corrected chi connectivity index (χ4v) is 1.82. The molecular formula is C16H17NO3. The van der Waals surface area contributed by atoms with E-state index in [1.807, 2.05) is 13.0 Å². The Bertz CT molecular complexity index is 600. The molecule has 2 rings (SSSR count). The van der Waals surface area contributed by atoms with Crippen molar-refractivity contribution in [1.82, 2.24) is 0 Å². The van der Waals surface area contributed by atoms with Crippen LogP contribution in [0.25, 0.3) is 0 Å². The Morgan fingerprint density at radius 2 is 2.30 bits per heavy atom. The van der Waals surface area contributed by atoms with E-state index in [1.54, 1.807) is 36.8 Å². The van der Waals surface area contributed by atoms with Crippen LogP contribution in [0.1, 0.15) is 18.1 Å². The van der Waals surface area contributed by atoms with Crippen molar-refractivity contribution < 1.29 is 14.3 Å². The highest BCUT2D eigenvalue weighted by Crippen LogP contribution is 2.32. The smallest absolute Gasteiger partial charge is 0.218 e. The van der Waals surface area contributed by atoms with Gasteiger partial charge in [-0.2, -0.15) is 0 Å². The number of phenols is 1. The first-order chi connectivity index (χ1) is 9.74. The summed E-state index contributed by atoms with van der Waals surface area (Å²) in [4.78, 5) is 4.21. The summed E-state index contributed by atoms with van der Waals surface area (Å²) in [5.41, 5.74) is 1.59. The van der Waals surface area contributed by atoms with Gasteiger partial charge in [0.1, 0.15) is 0 Å². The molecule has 0 fully saturated rings. The lowest BCUT2D eigenvalue weighted by Crippen LogP contribution is -1.96. The van der Waals surface area contributed by atoms with E-state index in [4.69, 9.17) is 9.15 Å². The second-order valence-electron chi connectivity index (χ2n) is 4.16. The minimum Gasteiger partial charge on any atom is -0.504 e. The molecule has 1 aromatic carbocycles. The van der Waals surface area contributed by atoms with Gasteiger partial charge in [-0.15, -0.1) is 6.58 Å². The summed E-state index contributed by atoms with van der Waals surface area (Å²) in [5, 5.41) is 10.1. The third-order valence-corrected chi connectivity index (χ3v) is 2.69. The number of phenolic OH excluding ortho intramolecular Hbond substituents is 1. The van der Waals surface area contributed by atoms with Crippen LogP contribution in [0, 0.1) is 0 Å². The van der Waals surface area contributed by atoms with Crippen LogP contribution in [0.15, 0.2) is 52.6 Å². The summed E-state index contributed by atoms with van der Waals surface area (Å²) in [6.45, 7) is 6.05. The molecule has 0 amide bonds. The molecule has 0 bridgehead atoms. The number of hydrogen-bond acceptors (Lipinski definition) is 4. The number of ether oxygens (including phenoxy) is 1. The number of aromatic hydroxyl groups is 1. The van der Waals surface area contributed by atoms with Gasteiger partial charge in [-0.1, -0.05) is 6.08 Å². The topological polar surface area (TPSA) is 55.0 Å². The summed E-state index contributed by atoms with van der Waals surface area (Å²) >= 11 is 0. The Balaban J connectivity index is 2.34. The zero-order valence-electron chi connectivity index (χ0n) is 11.4. The van der Waals surface area contributed by atoms with Gasteiger partial charge in [0.15, 0.2) is 11.5 Å². The number of rotatable bonds is 6. The highest BCUT2D eigenvalue weighted by molar-refractivity contribution is 5.83. The monoisotopic (exact) mass is 271 g/mol. The van der Waals surface area contributed by atoms with Crippen LogP contribution in [-0.2, 0) is 6.42 Å². The Labute approximate surface area is 118 Å². The van der Waals surface area contributed by atoms with Crippen LogP contribution in [-0.4, -0.2) is 17.9 Å². The van der Waals surface area contributed by atoms with Gasteiger partial charge < -0.3 is 14.3 Å². The van der Waals surface area contributed by atoms with Crippen molar-refractivity contribution in [1.29, 1.82) is 0 Å². The van der Waals surface area contributed by atoms with E-state index in [0.717, 1.165) is 11.1 Å². The summed E-state index contributed by atoms with van der Waals surface area (Å²) in [7, 11) is 0. The number of furan rings is 1. The van der Waals surface area contributed by atoms with E-state index >= 15 is 0 Å². The lowest BCUT2D eigenvalue weighted by molar-refractivity contribution is 0.317. The van der Waals surface area contributed by atoms with Crippen molar-refractivity contribution in [2.75, 3.05) is 6.61 Å². The van der Waals surface area contributed by atoms with E-state index < -0.39 is 0 Å². The molecule has 4 heteroatoms. The zero-order valence-corrected chi connectivity index (χ0v) is 11.4. The quantitative estimate of drug-likeness (QED) is 0.641. The molecule has 0 radical (unpaired) electrons. The predicted molar refractivity (Wildman–Crippen MR) is 79.1 cm³/mol. The lowest BCUT2D eigenvalue weighted by atomic mass is 10.1. The number of hydrogen-bond donors (Lipinski definition) is 1. The summed E-state index contributed by atoms with van der Waals surface area (Å²) in [6.07, 6.45) is 5.54. The third kappa shape index (κ3) is 3.29. The van der Waals surface area contributed by atoms with Gasteiger partial charge >= 0.3 is 0 Å². The lowest BCUT2D eigenvalue weighted by Gasteiger charge is -2.10. The number of allylic oxidation sites excluding steroid dienone is 1. The summed E-state index contributed by atoms with van der Waals surface area (Å²) in [6, 6.07) is 7.15. The normalized spacial score (nSPS) is 10.8. The van der Waals surface area contributed by atoms with Gasteiger partial charge in [-0.3, -0.25) is 0 Å². The Morgan fingerprint density at radius 3 is 2.95 bits per heavy atom. The fraction of sp³-hybridized carbons (Fsp3) is 0.188. The highest BCUT2D eigenvalue weighted by atomic mass is 16.5. The number of aliphatic imine (C=N–C) groups is 1. The molecule has 1 heterocycles. The van der Waals surface area contributed by atoms with Gasteiger partial charge in [0.05, 0.1) is 12.9 Å². The van der Waals surface area contributed by atoms with Crippen LogP contribution < -0.4 is 4.74 Å². The molecule has 0 saturated carbocycles. The molecule has 2 aromatic rings. The van der Waals surface area contributed by atoms with Gasteiger partial charge in [0, 0.05) is 17.8 Å². The van der Waals surface area contributed by atoms with E-state index in [2.05, 4.69) is 11.6 Å². The van der Waals surface area contributed by atoms with Crippen molar-refractivity contribution in [3.8, 4) is 11.5 Å². The van der Waals surface area contributed by atoms with Gasteiger partial charge in [-0.05, 0) is 37.1 Å². The molecule has 104 valence electrons. The first-order valence-electron chi connectivity index (χ1n) is 6.41. The molecule has 0 aliphatic heterocycles. The van der Waals surface area contributed by atoms with Crippen molar-refractivity contribution in [2.24, 2.45) is 4.99 Å². The maximum absolute atomic E-state index is 10.1. The maximum atomic E-state index is 10.1. The van der Waals surface area contributed by atoms with Crippen LogP contribution in [0.2, 0.25) is 0 Å². The molecule has 0 saturated heterocycles. The van der Waals surface area contributed by atoms with E-state index in [-0.39, 0.29) is 5.75 Å². The van der Waals surface area contributed by atoms with Crippen molar-refractivity contribution in [2.45, 2.75) is 13.3 Å². The molecule has 0 atom stereocenters. The van der Waals surface area contributed by atoms with Crippen LogP contribution in [0.3, 0.4) is 0 Å². The summed E-state index contributed by atoms with van der Waals surface area (Å²) < 4.78 is 10.6. The molecule has 1 N–H and O–H groups in total. The van der Waals surface area contributed by atoms with Crippen molar-refractivity contribution in [3.63, 3.8) is 0 Å². The molecule has 0 aliphatic rings. The van der Waals surface area contributed by atoms with E-state index in [0.29, 0.717) is 24.7 Å². The van der Waals surface area contributed by atoms with Crippen LogP contribution in [0.5, 0.6) is 11.5 Å². The number of nitrogens with zero attached hydrogens (tertiary/aromatic N) is 1. The molecule has 0 aliphatic carbocycles. The van der Waals surface area contributed by atoms with Crippen LogP contribution in [0.4, 0.5) is 5.88 Å². The third-order valence-electron chi connectivity index (χ3n) is 2.69. The van der Waals surface area contributed by atoms with Crippen molar-refractivity contribution in [3.05, 3.63) is 54.3 Å². The highest BCUT2D eigenvalue weighted by Gasteiger charge is 2.09. The molecule has 1 aromatic heterocycles. The first-order valence-corrected chi connectivity index (χ1v) is 6.41. The van der Waals surface area contributed by atoms with Gasteiger partial charge in [-0.25, -0.2) is 4.99 Å². The second kappa shape index (κ2) is 6.61. The molecule has 0 unspecified atom stereocenters. The van der Waals surface area contributed by atoms with E-state index in [9.17, 15) is 5.11 Å². The first kappa shape index (κ1) is 13.9. The molecule has 4 nitrogen and oxygen atoms in total. The summed E-state index contributed by atoms with van der Waals surface area (Å²) in [5.74, 6) is 1.14. The van der Waals surface area contributed by atoms with Gasteiger partial charge in [0.25, 0.3) is 0 Å². The maximum Gasteiger partial charge on any atom is 0.218 e. The average molecular weight is 271 g/mol. The zero-order chi connectivity index (χ0) is 14.4. The SMILES string of the molecule is C=CCc1cc(C=Nc2ccco2)cc(OCC)c1O. The number of benzene rings is 1. The van der Waals surface area contributed by atoms with Crippen LogP contribution >= 0.6 is 0 Å². The molecule has 0 spiro atoms. The predicted octanol–water partition coefficient (Wildman–Crippen LogP) is 3.86. The Hall–Kier alpha value is -2.49. The Morgan fingerprint density at radius 1 is 1.45 bits per heavy atom. The molecule has 20 heavy (non-hydrogen) atoms. The largest absolute Gasteiger partial charge is 0.504 e. The van der Waals surface area contributed by atoms with Gasteiger partial charge in [0.2, 0.25) is 5.88 Å². The average Bonchev–Trinajstić information content (AvgIpc) is 2.95. The molecular weight excluding hydrogens is 254 g/mol. The minimum atomic E-state index is 0.155. The second-order valence-corrected chi connectivity index (χ2v) is 4.16. The minimum absolute atomic E-state index is 0.155.